The molecule has 0 amide bonds. The highest BCUT2D eigenvalue weighted by Crippen LogP contribution is 2.26. The van der Waals surface area contributed by atoms with E-state index in [2.05, 4.69) is 20.4 Å². The van der Waals surface area contributed by atoms with Crippen molar-refractivity contribution in [1.82, 2.24) is 0 Å². The molecular formula is C8H20O2Si. The molecule has 1 atom stereocenters. The molecule has 0 fully saturated rings. The maximum absolute atomic E-state index is 5.42. The Morgan fingerprint density at radius 2 is 1.73 bits per heavy atom. The molecule has 0 saturated heterocycles. The van der Waals surface area contributed by atoms with Crippen molar-refractivity contribution in [2.24, 2.45) is 0 Å². The summed E-state index contributed by atoms with van der Waals surface area (Å²) in [7, 11) is 1.68. The molecule has 0 heterocycles. The third-order valence-corrected chi connectivity index (χ3v) is 6.13. The Hall–Kier alpha value is 0.137. The summed E-state index contributed by atoms with van der Waals surface area (Å²) in [4.78, 5) is 0. The lowest BCUT2D eigenvalue weighted by molar-refractivity contribution is 0.236. The molecular weight excluding hydrogens is 156 g/mol. The van der Waals surface area contributed by atoms with Gasteiger partial charge >= 0.3 is 8.56 Å². The van der Waals surface area contributed by atoms with Gasteiger partial charge in [0, 0.05) is 14.2 Å². The van der Waals surface area contributed by atoms with Gasteiger partial charge in [-0.05, 0) is 18.5 Å². The normalized spacial score (nSPS) is 15.0. The molecule has 0 N–H and O–H groups in total. The van der Waals surface area contributed by atoms with Crippen LogP contribution in [0, 0.1) is 0 Å². The Bertz CT molecular complexity index is 102. The van der Waals surface area contributed by atoms with Crippen LogP contribution in [0.3, 0.4) is 0 Å². The molecule has 0 aromatic rings. The Balaban J connectivity index is 4.00. The van der Waals surface area contributed by atoms with Gasteiger partial charge in [0.1, 0.15) is 0 Å². The SMILES string of the molecule is CCCC(C)[Si](C)(OC)OC. The van der Waals surface area contributed by atoms with E-state index >= 15 is 0 Å². The first-order chi connectivity index (χ1) is 5.10. The molecule has 2 nitrogen and oxygen atoms in total. The first-order valence-corrected chi connectivity index (χ1v) is 6.60. The minimum atomic E-state index is -1.82. The van der Waals surface area contributed by atoms with Gasteiger partial charge in [-0.3, -0.25) is 0 Å². The zero-order valence-electron chi connectivity index (χ0n) is 8.31. The van der Waals surface area contributed by atoms with Crippen LogP contribution in [-0.2, 0) is 8.85 Å². The summed E-state index contributed by atoms with van der Waals surface area (Å²) in [5.74, 6) is 0. The van der Waals surface area contributed by atoms with E-state index in [0.717, 1.165) is 0 Å². The smallest absolute Gasteiger partial charge is 0.337 e. The first kappa shape index (κ1) is 11.1. The predicted molar refractivity (Wildman–Crippen MR) is 50.0 cm³/mol. The van der Waals surface area contributed by atoms with Gasteiger partial charge < -0.3 is 8.85 Å². The van der Waals surface area contributed by atoms with E-state index in [1.807, 2.05) is 0 Å². The standard InChI is InChI=1S/C8H20O2Si/c1-6-7-8(2)11(5,9-3)10-4/h8H,6-7H2,1-5H3. The average molecular weight is 176 g/mol. The zero-order chi connectivity index (χ0) is 8.91. The first-order valence-electron chi connectivity index (χ1n) is 4.21. The Morgan fingerprint density at radius 3 is 2.00 bits per heavy atom. The van der Waals surface area contributed by atoms with Crippen LogP contribution in [0.2, 0.25) is 12.1 Å². The van der Waals surface area contributed by atoms with Crippen LogP contribution < -0.4 is 0 Å². The van der Waals surface area contributed by atoms with Crippen molar-refractivity contribution in [3.63, 3.8) is 0 Å². The van der Waals surface area contributed by atoms with Gasteiger partial charge in [-0.15, -0.1) is 0 Å². The molecule has 0 bridgehead atoms. The van der Waals surface area contributed by atoms with Gasteiger partial charge in [-0.2, -0.15) is 0 Å². The predicted octanol–water partition coefficient (Wildman–Crippen LogP) is 2.54. The third-order valence-electron chi connectivity index (χ3n) is 2.43. The summed E-state index contributed by atoms with van der Waals surface area (Å²) in [5, 5.41) is 0. The fraction of sp³-hybridized carbons (Fsp3) is 1.00. The molecule has 11 heavy (non-hydrogen) atoms. The van der Waals surface area contributed by atoms with Gasteiger partial charge in [0.2, 0.25) is 0 Å². The highest BCUT2D eigenvalue weighted by molar-refractivity contribution is 6.67. The number of hydrogen-bond acceptors (Lipinski definition) is 2. The van der Waals surface area contributed by atoms with E-state index < -0.39 is 8.56 Å². The molecule has 3 heteroatoms. The van der Waals surface area contributed by atoms with Gasteiger partial charge in [0.15, 0.2) is 0 Å². The van der Waals surface area contributed by atoms with Crippen molar-refractivity contribution in [2.75, 3.05) is 14.2 Å². The lowest BCUT2D eigenvalue weighted by Crippen LogP contribution is -2.40. The third kappa shape index (κ3) is 2.93. The van der Waals surface area contributed by atoms with Crippen molar-refractivity contribution in [3.05, 3.63) is 0 Å². The van der Waals surface area contributed by atoms with Crippen molar-refractivity contribution in [1.29, 1.82) is 0 Å². The topological polar surface area (TPSA) is 18.5 Å². The van der Waals surface area contributed by atoms with Gasteiger partial charge in [0.25, 0.3) is 0 Å². The van der Waals surface area contributed by atoms with Crippen molar-refractivity contribution in [2.45, 2.75) is 38.8 Å². The molecule has 0 spiro atoms. The summed E-state index contributed by atoms with van der Waals surface area (Å²) >= 11 is 0. The average Bonchev–Trinajstić information content (AvgIpc) is 2.03. The van der Waals surface area contributed by atoms with Crippen LogP contribution in [-0.4, -0.2) is 22.8 Å². The maximum Gasteiger partial charge on any atom is 0.337 e. The quantitative estimate of drug-likeness (QED) is 0.599. The molecule has 0 saturated carbocycles. The van der Waals surface area contributed by atoms with E-state index in [1.165, 1.54) is 12.8 Å². The maximum atomic E-state index is 5.42. The second-order valence-corrected chi connectivity index (χ2v) is 6.95. The summed E-state index contributed by atoms with van der Waals surface area (Å²) < 4.78 is 10.8. The summed E-state index contributed by atoms with van der Waals surface area (Å²) in [5.41, 5.74) is 0.586. The van der Waals surface area contributed by atoms with E-state index in [9.17, 15) is 0 Å². The van der Waals surface area contributed by atoms with Crippen LogP contribution in [0.4, 0.5) is 0 Å². The second-order valence-electron chi connectivity index (χ2n) is 3.11. The van der Waals surface area contributed by atoms with Crippen LogP contribution in [0.25, 0.3) is 0 Å². The lowest BCUT2D eigenvalue weighted by Gasteiger charge is -2.28. The van der Waals surface area contributed by atoms with Crippen LogP contribution in [0.5, 0.6) is 0 Å². The van der Waals surface area contributed by atoms with Gasteiger partial charge in [0.05, 0.1) is 0 Å². The highest BCUT2D eigenvalue weighted by Gasteiger charge is 2.35. The minimum absolute atomic E-state index is 0.586. The van der Waals surface area contributed by atoms with Gasteiger partial charge in [-0.25, -0.2) is 0 Å². The van der Waals surface area contributed by atoms with E-state index in [4.69, 9.17) is 8.85 Å². The molecule has 0 aliphatic carbocycles. The fourth-order valence-corrected chi connectivity index (χ4v) is 2.97. The van der Waals surface area contributed by atoms with Crippen LogP contribution in [0.15, 0.2) is 0 Å². The Labute approximate surface area is 71.1 Å². The zero-order valence-corrected chi connectivity index (χ0v) is 9.31. The highest BCUT2D eigenvalue weighted by atomic mass is 28.4. The molecule has 0 aliphatic heterocycles. The molecule has 0 aromatic carbocycles. The van der Waals surface area contributed by atoms with E-state index in [-0.39, 0.29) is 0 Å². The number of hydrogen-bond donors (Lipinski definition) is 0. The summed E-state index contributed by atoms with van der Waals surface area (Å²) in [6.07, 6.45) is 2.40. The largest absolute Gasteiger partial charge is 0.398 e. The van der Waals surface area contributed by atoms with Crippen molar-refractivity contribution in [3.8, 4) is 0 Å². The Morgan fingerprint density at radius 1 is 1.27 bits per heavy atom. The molecule has 0 radical (unpaired) electrons. The Kier molecular flexibility index (Phi) is 4.96. The van der Waals surface area contributed by atoms with E-state index in [0.29, 0.717) is 5.54 Å². The van der Waals surface area contributed by atoms with Crippen LogP contribution >= 0.6 is 0 Å². The van der Waals surface area contributed by atoms with Crippen molar-refractivity contribution < 1.29 is 8.85 Å². The number of rotatable bonds is 5. The fourth-order valence-electron chi connectivity index (χ4n) is 1.18. The van der Waals surface area contributed by atoms with Crippen LogP contribution in [0.1, 0.15) is 26.7 Å². The summed E-state index contributed by atoms with van der Waals surface area (Å²) in [6.45, 7) is 6.52. The van der Waals surface area contributed by atoms with Gasteiger partial charge in [-0.1, -0.05) is 20.3 Å². The van der Waals surface area contributed by atoms with Crippen molar-refractivity contribution >= 4 is 8.56 Å². The summed E-state index contributed by atoms with van der Waals surface area (Å²) in [6, 6.07) is 0. The molecule has 1 unspecified atom stereocenters. The molecule has 0 aromatic heterocycles. The minimum Gasteiger partial charge on any atom is -0.398 e. The molecule has 0 rings (SSSR count). The molecule has 68 valence electrons. The van der Waals surface area contributed by atoms with E-state index in [1.54, 1.807) is 14.2 Å². The monoisotopic (exact) mass is 176 g/mol. The second kappa shape index (κ2) is 4.90. The molecule has 0 aliphatic rings. The lowest BCUT2D eigenvalue weighted by atomic mass is 10.3.